The molecule has 0 saturated heterocycles. The van der Waals surface area contributed by atoms with Crippen LogP contribution in [0.15, 0.2) is 54.1 Å². The van der Waals surface area contributed by atoms with Gasteiger partial charge in [0.15, 0.2) is 0 Å². The summed E-state index contributed by atoms with van der Waals surface area (Å²) >= 11 is 0. The van der Waals surface area contributed by atoms with Crippen molar-refractivity contribution in [3.05, 3.63) is 71.0 Å². The molecule has 0 heterocycles. The number of benzene rings is 2. The number of hydrogen-bond donors (Lipinski definition) is 0. The summed E-state index contributed by atoms with van der Waals surface area (Å²) in [5, 5.41) is 17.3. The molecule has 0 aliphatic rings. The molecule has 0 amide bonds. The van der Waals surface area contributed by atoms with Crippen LogP contribution < -0.4 is 4.74 Å². The maximum atomic E-state index is 12.8. The lowest BCUT2D eigenvalue weighted by Gasteiger charge is -2.04. The van der Waals surface area contributed by atoms with Crippen LogP contribution in [0.5, 0.6) is 5.75 Å². The first-order valence-electron chi connectivity index (χ1n) is 6.22. The minimum Gasteiger partial charge on any atom is -0.423 e. The van der Waals surface area contributed by atoms with Crippen LogP contribution in [0, 0.1) is 28.5 Å². The number of ether oxygens (including phenoxy) is 1. The van der Waals surface area contributed by atoms with Crippen molar-refractivity contribution in [3.8, 4) is 17.9 Å². The van der Waals surface area contributed by atoms with Crippen LogP contribution in [0.2, 0.25) is 0 Å². The van der Waals surface area contributed by atoms with E-state index in [1.807, 2.05) is 0 Å². The first kappa shape index (κ1) is 15.0. The molecule has 2 aromatic carbocycles. The smallest absolute Gasteiger partial charge is 0.343 e. The fourth-order valence-corrected chi connectivity index (χ4v) is 1.64. The molecule has 0 aliphatic carbocycles. The van der Waals surface area contributed by atoms with Crippen LogP contribution in [0.4, 0.5) is 4.39 Å². The summed E-state index contributed by atoms with van der Waals surface area (Å²) in [4.78, 5) is 11.8. The second kappa shape index (κ2) is 6.83. The number of halogens is 1. The number of carbonyl (C=O) groups excluding carboxylic acids is 1. The van der Waals surface area contributed by atoms with Crippen molar-refractivity contribution >= 4 is 12.0 Å². The van der Waals surface area contributed by atoms with E-state index >= 15 is 0 Å². The summed E-state index contributed by atoms with van der Waals surface area (Å²) in [6, 6.07) is 14.8. The van der Waals surface area contributed by atoms with Crippen LogP contribution in [-0.4, -0.2) is 5.97 Å². The fraction of sp³-hybridized carbons (Fsp3) is 0. The Balaban J connectivity index is 2.10. The molecule has 0 radical (unpaired) electrons. The molecular formula is C17H9FN2O2. The van der Waals surface area contributed by atoms with E-state index < -0.39 is 11.8 Å². The van der Waals surface area contributed by atoms with Crippen LogP contribution in [0.1, 0.15) is 15.9 Å². The van der Waals surface area contributed by atoms with Crippen molar-refractivity contribution in [3.63, 3.8) is 0 Å². The first-order chi connectivity index (χ1) is 10.6. The Morgan fingerprint density at radius 3 is 2.14 bits per heavy atom. The molecule has 0 atom stereocenters. The standard InChI is InChI=1S/C17H9FN2O2/c18-15-5-3-14(4-6-15)17(21)22-16-7-1-12(2-8-16)9-13(10-19)11-20/h1-9H. The summed E-state index contributed by atoms with van der Waals surface area (Å²) in [6.07, 6.45) is 1.42. The van der Waals surface area contributed by atoms with Gasteiger partial charge in [-0.15, -0.1) is 0 Å². The molecule has 0 bridgehead atoms. The third-order valence-corrected chi connectivity index (χ3v) is 2.72. The van der Waals surface area contributed by atoms with E-state index in [9.17, 15) is 9.18 Å². The lowest BCUT2D eigenvalue weighted by atomic mass is 10.1. The van der Waals surface area contributed by atoms with Gasteiger partial charge in [0.05, 0.1) is 5.56 Å². The predicted octanol–water partition coefficient (Wildman–Crippen LogP) is 3.48. The van der Waals surface area contributed by atoms with E-state index in [4.69, 9.17) is 15.3 Å². The van der Waals surface area contributed by atoms with Crippen LogP contribution >= 0.6 is 0 Å². The molecule has 106 valence electrons. The van der Waals surface area contributed by atoms with Gasteiger partial charge in [-0.1, -0.05) is 12.1 Å². The molecule has 0 unspecified atom stereocenters. The molecular weight excluding hydrogens is 283 g/mol. The van der Waals surface area contributed by atoms with Crippen LogP contribution in [0.3, 0.4) is 0 Å². The van der Waals surface area contributed by atoms with E-state index in [1.54, 1.807) is 36.4 Å². The van der Waals surface area contributed by atoms with Crippen molar-refractivity contribution in [1.82, 2.24) is 0 Å². The quantitative estimate of drug-likeness (QED) is 0.493. The van der Waals surface area contributed by atoms with Gasteiger partial charge >= 0.3 is 5.97 Å². The zero-order chi connectivity index (χ0) is 15.9. The van der Waals surface area contributed by atoms with Crippen molar-refractivity contribution in [2.45, 2.75) is 0 Å². The SMILES string of the molecule is N#CC(C#N)=Cc1ccc(OC(=O)c2ccc(F)cc2)cc1. The lowest BCUT2D eigenvalue weighted by molar-refractivity contribution is 0.0734. The number of esters is 1. The number of carbonyl (C=O) groups is 1. The Bertz CT molecular complexity index is 779. The zero-order valence-corrected chi connectivity index (χ0v) is 11.3. The summed E-state index contributed by atoms with van der Waals surface area (Å²) in [6.45, 7) is 0. The zero-order valence-electron chi connectivity index (χ0n) is 11.3. The van der Waals surface area contributed by atoms with Gasteiger partial charge in [-0.25, -0.2) is 9.18 Å². The van der Waals surface area contributed by atoms with Crippen LogP contribution in [-0.2, 0) is 0 Å². The van der Waals surface area contributed by atoms with E-state index in [-0.39, 0.29) is 11.1 Å². The predicted molar refractivity (Wildman–Crippen MR) is 77.0 cm³/mol. The molecule has 4 nitrogen and oxygen atoms in total. The topological polar surface area (TPSA) is 73.9 Å². The van der Waals surface area contributed by atoms with Gasteiger partial charge in [0.1, 0.15) is 29.3 Å². The molecule has 2 aromatic rings. The minimum absolute atomic E-state index is 0.0175. The summed E-state index contributed by atoms with van der Waals surface area (Å²) in [7, 11) is 0. The number of rotatable bonds is 3. The van der Waals surface area contributed by atoms with Crippen molar-refractivity contribution in [2.24, 2.45) is 0 Å². The molecule has 0 spiro atoms. The second-order valence-corrected chi connectivity index (χ2v) is 4.25. The van der Waals surface area contributed by atoms with E-state index in [0.29, 0.717) is 11.3 Å². The Morgan fingerprint density at radius 1 is 1.00 bits per heavy atom. The molecule has 0 fully saturated rings. The van der Waals surface area contributed by atoms with Crippen LogP contribution in [0.25, 0.3) is 6.08 Å². The van der Waals surface area contributed by atoms with Crippen molar-refractivity contribution in [2.75, 3.05) is 0 Å². The van der Waals surface area contributed by atoms with Crippen molar-refractivity contribution in [1.29, 1.82) is 10.5 Å². The number of allylic oxidation sites excluding steroid dienone is 1. The number of nitriles is 2. The van der Waals surface area contributed by atoms with E-state index in [1.165, 1.54) is 30.3 Å². The molecule has 22 heavy (non-hydrogen) atoms. The Labute approximate surface area is 126 Å². The minimum atomic E-state index is -0.599. The average Bonchev–Trinajstić information content (AvgIpc) is 2.54. The van der Waals surface area contributed by atoms with Gasteiger partial charge in [0.25, 0.3) is 0 Å². The highest BCUT2D eigenvalue weighted by Gasteiger charge is 2.08. The van der Waals surface area contributed by atoms with E-state index in [0.717, 1.165) is 0 Å². The highest BCUT2D eigenvalue weighted by Crippen LogP contribution is 2.16. The van der Waals surface area contributed by atoms with Gasteiger partial charge in [-0.05, 0) is 48.0 Å². The van der Waals surface area contributed by atoms with Gasteiger partial charge in [0.2, 0.25) is 0 Å². The number of nitrogens with zero attached hydrogens (tertiary/aromatic N) is 2. The Hall–Kier alpha value is -3.44. The Morgan fingerprint density at radius 2 is 1.59 bits per heavy atom. The molecule has 0 N–H and O–H groups in total. The van der Waals surface area contributed by atoms with Gasteiger partial charge in [-0.2, -0.15) is 10.5 Å². The second-order valence-electron chi connectivity index (χ2n) is 4.25. The average molecular weight is 292 g/mol. The first-order valence-corrected chi connectivity index (χ1v) is 6.22. The maximum Gasteiger partial charge on any atom is 0.343 e. The fourth-order valence-electron chi connectivity index (χ4n) is 1.64. The largest absolute Gasteiger partial charge is 0.423 e. The molecule has 0 saturated carbocycles. The molecule has 0 aliphatic heterocycles. The maximum absolute atomic E-state index is 12.8. The molecule has 2 rings (SSSR count). The number of hydrogen-bond acceptors (Lipinski definition) is 4. The highest BCUT2D eigenvalue weighted by atomic mass is 19.1. The van der Waals surface area contributed by atoms with Gasteiger partial charge < -0.3 is 4.74 Å². The normalized spacial score (nSPS) is 9.23. The molecule has 5 heteroatoms. The third-order valence-electron chi connectivity index (χ3n) is 2.72. The van der Waals surface area contributed by atoms with Gasteiger partial charge in [0, 0.05) is 0 Å². The third kappa shape index (κ3) is 3.78. The lowest BCUT2D eigenvalue weighted by Crippen LogP contribution is -2.08. The summed E-state index contributed by atoms with van der Waals surface area (Å²) in [5.41, 5.74) is 0.859. The highest BCUT2D eigenvalue weighted by molar-refractivity contribution is 5.91. The summed E-state index contributed by atoms with van der Waals surface area (Å²) in [5.74, 6) is -0.724. The van der Waals surface area contributed by atoms with E-state index in [2.05, 4.69) is 0 Å². The van der Waals surface area contributed by atoms with Gasteiger partial charge in [-0.3, -0.25) is 0 Å². The summed E-state index contributed by atoms with van der Waals surface area (Å²) < 4.78 is 17.9. The molecule has 0 aromatic heterocycles. The van der Waals surface area contributed by atoms with Crippen molar-refractivity contribution < 1.29 is 13.9 Å². The Kier molecular flexibility index (Phi) is 4.64. The monoisotopic (exact) mass is 292 g/mol.